The lowest BCUT2D eigenvalue weighted by molar-refractivity contribution is -0.235. The molecule has 1 atom stereocenters. The van der Waals surface area contributed by atoms with Gasteiger partial charge in [-0.25, -0.2) is 0 Å². The number of alkyl halides is 4. The fraction of sp³-hybridized carbons (Fsp3) is 0.400. The van der Waals surface area contributed by atoms with Crippen molar-refractivity contribution in [2.24, 2.45) is 4.99 Å². The summed E-state index contributed by atoms with van der Waals surface area (Å²) >= 11 is 5.00. The minimum absolute atomic E-state index is 0.359. The maximum atomic E-state index is 12.7. The highest BCUT2D eigenvalue weighted by molar-refractivity contribution is 6.42. The van der Waals surface area contributed by atoms with Gasteiger partial charge in [-0.1, -0.05) is 11.6 Å². The van der Waals surface area contributed by atoms with Gasteiger partial charge in [0.05, 0.1) is 0 Å². The second-order valence-corrected chi connectivity index (χ2v) is 2.57. The Morgan fingerprint density at radius 2 is 2.00 bits per heavy atom. The SMILES string of the molecule is FC1=NC(F)(C(F)(F)F)NC=C1Cl. The van der Waals surface area contributed by atoms with E-state index in [0.29, 0.717) is 6.20 Å². The van der Waals surface area contributed by atoms with Crippen molar-refractivity contribution in [2.45, 2.75) is 12.1 Å². The molecule has 0 aliphatic carbocycles. The minimum Gasteiger partial charge on any atom is -0.332 e. The smallest absolute Gasteiger partial charge is 0.332 e. The van der Waals surface area contributed by atoms with Crippen molar-refractivity contribution in [3.63, 3.8) is 0 Å². The van der Waals surface area contributed by atoms with Gasteiger partial charge in [0.1, 0.15) is 5.03 Å². The van der Waals surface area contributed by atoms with E-state index in [-0.39, 0.29) is 0 Å². The molecular formula is C5H2ClF5N2. The van der Waals surface area contributed by atoms with Crippen molar-refractivity contribution in [3.8, 4) is 0 Å². The van der Waals surface area contributed by atoms with E-state index < -0.39 is 23.1 Å². The summed E-state index contributed by atoms with van der Waals surface area (Å²) in [4.78, 5) is 2.11. The molecule has 8 heteroatoms. The van der Waals surface area contributed by atoms with E-state index in [9.17, 15) is 22.0 Å². The van der Waals surface area contributed by atoms with Crippen LogP contribution >= 0.6 is 11.6 Å². The number of allylic oxidation sites excluding steroid dienone is 1. The summed E-state index contributed by atoms with van der Waals surface area (Å²) in [6.45, 7) is 0. The third-order valence-corrected chi connectivity index (χ3v) is 1.48. The van der Waals surface area contributed by atoms with Crippen molar-refractivity contribution in [2.75, 3.05) is 0 Å². The molecule has 1 aliphatic rings. The maximum absolute atomic E-state index is 12.7. The number of hydrogen-bond donors (Lipinski definition) is 1. The Morgan fingerprint density at radius 3 is 2.38 bits per heavy atom. The standard InChI is InChI=1S/C5H2ClF5N2/c6-2-1-12-5(11,4(8,9)10)13-3(2)7/h1,12H. The molecule has 0 bridgehead atoms. The Morgan fingerprint density at radius 1 is 1.46 bits per heavy atom. The Kier molecular flexibility index (Phi) is 2.23. The summed E-state index contributed by atoms with van der Waals surface area (Å²) in [6, 6.07) is 0. The summed E-state index contributed by atoms with van der Waals surface area (Å²) in [5.74, 6) is -5.82. The Labute approximate surface area is 74.1 Å². The van der Waals surface area contributed by atoms with Crippen LogP contribution in [-0.4, -0.2) is 18.1 Å². The minimum atomic E-state index is -5.33. The highest BCUT2D eigenvalue weighted by Gasteiger charge is 2.58. The zero-order valence-corrected chi connectivity index (χ0v) is 6.55. The van der Waals surface area contributed by atoms with Gasteiger partial charge in [0.25, 0.3) is 0 Å². The van der Waals surface area contributed by atoms with Gasteiger partial charge < -0.3 is 5.32 Å². The first kappa shape index (κ1) is 10.2. The molecule has 0 amide bonds. The molecule has 1 heterocycles. The number of nitrogens with one attached hydrogen (secondary N) is 1. The largest absolute Gasteiger partial charge is 0.465 e. The van der Waals surface area contributed by atoms with Crippen molar-refractivity contribution < 1.29 is 22.0 Å². The van der Waals surface area contributed by atoms with Crippen LogP contribution < -0.4 is 5.32 Å². The first-order valence-corrected chi connectivity index (χ1v) is 3.29. The number of hydrogen-bond acceptors (Lipinski definition) is 2. The van der Waals surface area contributed by atoms with Gasteiger partial charge in [-0.05, 0) is 0 Å². The van der Waals surface area contributed by atoms with E-state index in [0.717, 1.165) is 0 Å². The van der Waals surface area contributed by atoms with Crippen LogP contribution in [0.1, 0.15) is 0 Å². The molecule has 0 aromatic carbocycles. The molecule has 0 spiro atoms. The van der Waals surface area contributed by atoms with Crippen LogP contribution in [0.2, 0.25) is 0 Å². The van der Waals surface area contributed by atoms with Crippen LogP contribution in [0, 0.1) is 0 Å². The molecular weight excluding hydrogens is 219 g/mol. The van der Waals surface area contributed by atoms with Gasteiger partial charge >= 0.3 is 12.1 Å². The molecule has 1 unspecified atom stereocenters. The second-order valence-electron chi connectivity index (χ2n) is 2.16. The average Bonchev–Trinajstić information content (AvgIpc) is 1.95. The number of halogens is 6. The lowest BCUT2D eigenvalue weighted by Gasteiger charge is -2.26. The van der Waals surface area contributed by atoms with E-state index in [1.165, 1.54) is 5.32 Å². The molecule has 0 saturated carbocycles. The van der Waals surface area contributed by atoms with Gasteiger partial charge in [-0.15, -0.1) is 0 Å². The van der Waals surface area contributed by atoms with Crippen LogP contribution in [0.4, 0.5) is 22.0 Å². The van der Waals surface area contributed by atoms with Gasteiger partial charge in [0.2, 0.25) is 5.97 Å². The molecule has 1 aliphatic heterocycles. The van der Waals surface area contributed by atoms with E-state index in [1.807, 2.05) is 0 Å². The molecule has 74 valence electrons. The summed E-state index contributed by atoms with van der Waals surface area (Å²) in [6.07, 6.45) is -4.98. The van der Waals surface area contributed by atoms with Gasteiger partial charge in [0, 0.05) is 6.20 Å². The number of rotatable bonds is 0. The maximum Gasteiger partial charge on any atom is 0.465 e. The topological polar surface area (TPSA) is 24.4 Å². The monoisotopic (exact) mass is 220 g/mol. The van der Waals surface area contributed by atoms with Crippen molar-refractivity contribution in [3.05, 3.63) is 11.2 Å². The molecule has 0 radical (unpaired) electrons. The Balaban J connectivity index is 3.01. The normalized spacial score (nSPS) is 29.1. The Hall–Kier alpha value is -0.850. The molecule has 13 heavy (non-hydrogen) atoms. The molecule has 0 aromatic heterocycles. The summed E-state index contributed by atoms with van der Waals surface area (Å²) in [5.41, 5.74) is 0. The van der Waals surface area contributed by atoms with E-state index >= 15 is 0 Å². The zero-order valence-electron chi connectivity index (χ0n) is 5.79. The molecule has 1 rings (SSSR count). The fourth-order valence-electron chi connectivity index (χ4n) is 0.585. The van der Waals surface area contributed by atoms with Crippen molar-refractivity contribution in [1.29, 1.82) is 0 Å². The van der Waals surface area contributed by atoms with E-state index in [4.69, 9.17) is 11.6 Å². The Bertz CT molecular complexity index is 283. The van der Waals surface area contributed by atoms with Crippen LogP contribution in [0.25, 0.3) is 0 Å². The molecule has 0 fully saturated rings. The van der Waals surface area contributed by atoms with Crippen molar-refractivity contribution in [1.82, 2.24) is 5.32 Å². The van der Waals surface area contributed by atoms with Gasteiger partial charge in [-0.3, -0.25) is 0 Å². The van der Waals surface area contributed by atoms with Crippen LogP contribution in [0.5, 0.6) is 0 Å². The zero-order chi connectivity index (χ0) is 10.3. The van der Waals surface area contributed by atoms with Crippen LogP contribution in [-0.2, 0) is 0 Å². The highest BCUT2D eigenvalue weighted by Crippen LogP contribution is 2.35. The average molecular weight is 221 g/mol. The van der Waals surface area contributed by atoms with Crippen molar-refractivity contribution >= 4 is 17.6 Å². The van der Waals surface area contributed by atoms with Crippen LogP contribution in [0.15, 0.2) is 16.2 Å². The van der Waals surface area contributed by atoms with E-state index in [2.05, 4.69) is 4.99 Å². The summed E-state index contributed by atoms with van der Waals surface area (Å²) in [7, 11) is 0. The second kappa shape index (κ2) is 2.83. The molecule has 0 aromatic rings. The van der Waals surface area contributed by atoms with Gasteiger partial charge in [-0.2, -0.15) is 26.9 Å². The number of nitrogens with zero attached hydrogens (tertiary/aromatic N) is 1. The first-order chi connectivity index (χ1) is 5.76. The highest BCUT2D eigenvalue weighted by atomic mass is 35.5. The molecule has 0 saturated heterocycles. The predicted octanol–water partition coefficient (Wildman–Crippen LogP) is 2.22. The summed E-state index contributed by atoms with van der Waals surface area (Å²) < 4.78 is 60.6. The summed E-state index contributed by atoms with van der Waals surface area (Å²) in [5, 5.41) is 0.492. The third-order valence-electron chi connectivity index (χ3n) is 1.22. The fourth-order valence-corrected chi connectivity index (χ4v) is 0.682. The quantitative estimate of drug-likeness (QED) is 0.491. The predicted molar refractivity (Wildman–Crippen MR) is 35.5 cm³/mol. The molecule has 1 N–H and O–H groups in total. The van der Waals surface area contributed by atoms with E-state index in [1.54, 1.807) is 0 Å². The van der Waals surface area contributed by atoms with Crippen LogP contribution in [0.3, 0.4) is 0 Å². The van der Waals surface area contributed by atoms with Gasteiger partial charge in [0.15, 0.2) is 0 Å². The lowest BCUT2D eigenvalue weighted by atomic mass is 10.4. The number of aliphatic imine (C=N–C) groups is 1. The third kappa shape index (κ3) is 1.74. The molecule has 2 nitrogen and oxygen atoms in total. The first-order valence-electron chi connectivity index (χ1n) is 2.91. The lowest BCUT2D eigenvalue weighted by Crippen LogP contribution is -2.51.